The SMILES string of the molecule is O=S1c2ccccc2CN1CC=CCN1Cc2ccccc2S1=O. The summed E-state index contributed by atoms with van der Waals surface area (Å²) < 4.78 is 28.7. The van der Waals surface area contributed by atoms with Crippen LogP contribution in [0.5, 0.6) is 0 Å². The van der Waals surface area contributed by atoms with Crippen molar-refractivity contribution in [2.24, 2.45) is 0 Å². The fourth-order valence-electron chi connectivity index (χ4n) is 3.03. The molecule has 0 radical (unpaired) electrons. The van der Waals surface area contributed by atoms with Crippen molar-refractivity contribution >= 4 is 22.0 Å². The van der Waals surface area contributed by atoms with Crippen LogP contribution in [0.2, 0.25) is 0 Å². The van der Waals surface area contributed by atoms with Crippen molar-refractivity contribution in [1.29, 1.82) is 0 Å². The molecule has 0 saturated heterocycles. The molecule has 2 aliphatic heterocycles. The molecule has 2 heterocycles. The van der Waals surface area contributed by atoms with Crippen molar-refractivity contribution in [2.45, 2.75) is 22.9 Å². The molecule has 2 aromatic rings. The molecule has 0 spiro atoms. The smallest absolute Gasteiger partial charge is 0.128 e. The quantitative estimate of drug-likeness (QED) is 0.789. The van der Waals surface area contributed by atoms with Gasteiger partial charge in [0.25, 0.3) is 0 Å². The summed E-state index contributed by atoms with van der Waals surface area (Å²) >= 11 is 0. The number of benzene rings is 2. The Kier molecular flexibility index (Phi) is 4.45. The molecule has 6 heteroatoms. The molecule has 0 bridgehead atoms. The fourth-order valence-corrected chi connectivity index (χ4v) is 5.65. The predicted octanol–water partition coefficient (Wildman–Crippen LogP) is 2.62. The van der Waals surface area contributed by atoms with Gasteiger partial charge in [-0.25, -0.2) is 17.0 Å². The lowest BCUT2D eigenvalue weighted by atomic mass is 10.2. The minimum atomic E-state index is -1.07. The van der Waals surface area contributed by atoms with Gasteiger partial charge in [-0.15, -0.1) is 0 Å². The average Bonchev–Trinajstić information content (AvgIpc) is 3.10. The molecular weight excluding hydrogens is 340 g/mol. The third-order valence-electron chi connectivity index (χ3n) is 4.27. The Labute approximate surface area is 147 Å². The topological polar surface area (TPSA) is 40.6 Å². The lowest BCUT2D eigenvalue weighted by Gasteiger charge is -2.12. The van der Waals surface area contributed by atoms with Crippen LogP contribution < -0.4 is 0 Å². The highest BCUT2D eigenvalue weighted by Crippen LogP contribution is 2.27. The van der Waals surface area contributed by atoms with Crippen LogP contribution in [0.3, 0.4) is 0 Å². The van der Waals surface area contributed by atoms with Crippen molar-refractivity contribution in [3.8, 4) is 0 Å². The Hall–Kier alpha value is -1.60. The second-order valence-corrected chi connectivity index (χ2v) is 8.74. The molecule has 0 fully saturated rings. The molecule has 2 atom stereocenters. The lowest BCUT2D eigenvalue weighted by molar-refractivity contribution is 0.489. The van der Waals surface area contributed by atoms with Crippen molar-refractivity contribution in [1.82, 2.24) is 8.61 Å². The van der Waals surface area contributed by atoms with Crippen LogP contribution in [0.15, 0.2) is 70.5 Å². The highest BCUT2D eigenvalue weighted by Gasteiger charge is 2.26. The Morgan fingerprint density at radius 2 is 1.17 bits per heavy atom. The standard InChI is InChI=1S/C18H18N2O2S2/c21-23-17-9-3-1-7-15(17)13-19(23)11-5-6-12-20-14-16-8-2-4-10-18(16)24(20)22/h1-10H,11-14H2. The maximum atomic E-state index is 12.4. The van der Waals surface area contributed by atoms with Crippen LogP contribution in [-0.2, 0) is 35.1 Å². The summed E-state index contributed by atoms with van der Waals surface area (Å²) in [5, 5.41) is 0. The van der Waals surface area contributed by atoms with Gasteiger partial charge in [-0.05, 0) is 23.3 Å². The molecule has 4 rings (SSSR count). The van der Waals surface area contributed by atoms with E-state index in [-0.39, 0.29) is 0 Å². The number of nitrogens with zero attached hydrogens (tertiary/aromatic N) is 2. The highest BCUT2D eigenvalue weighted by atomic mass is 32.2. The first-order chi connectivity index (χ1) is 11.7. The number of rotatable bonds is 4. The number of fused-ring (bicyclic) bond motifs is 2. The van der Waals surface area contributed by atoms with Crippen LogP contribution in [0.1, 0.15) is 11.1 Å². The zero-order valence-corrected chi connectivity index (χ0v) is 14.8. The third kappa shape index (κ3) is 2.91. The minimum absolute atomic E-state index is 0.634. The van der Waals surface area contributed by atoms with E-state index in [1.807, 2.05) is 69.3 Å². The third-order valence-corrected chi connectivity index (χ3v) is 7.31. The average molecular weight is 358 g/mol. The van der Waals surface area contributed by atoms with Crippen molar-refractivity contribution in [3.05, 3.63) is 71.8 Å². The van der Waals surface area contributed by atoms with Crippen molar-refractivity contribution < 1.29 is 8.42 Å². The van der Waals surface area contributed by atoms with Crippen molar-refractivity contribution in [2.75, 3.05) is 13.1 Å². The predicted molar refractivity (Wildman–Crippen MR) is 95.7 cm³/mol. The largest absolute Gasteiger partial charge is 0.237 e. The van der Waals surface area contributed by atoms with Gasteiger partial charge in [0.15, 0.2) is 0 Å². The maximum Gasteiger partial charge on any atom is 0.128 e. The van der Waals surface area contributed by atoms with Gasteiger partial charge in [0.05, 0.1) is 9.79 Å². The van der Waals surface area contributed by atoms with E-state index in [1.165, 1.54) is 0 Å². The van der Waals surface area contributed by atoms with Gasteiger partial charge in [0.1, 0.15) is 22.0 Å². The highest BCUT2D eigenvalue weighted by molar-refractivity contribution is 7.83. The lowest BCUT2D eigenvalue weighted by Crippen LogP contribution is -2.21. The van der Waals surface area contributed by atoms with E-state index in [1.54, 1.807) is 0 Å². The van der Waals surface area contributed by atoms with Crippen molar-refractivity contribution in [3.63, 3.8) is 0 Å². The summed E-state index contributed by atoms with van der Waals surface area (Å²) in [6.07, 6.45) is 4.04. The van der Waals surface area contributed by atoms with Gasteiger partial charge in [0.2, 0.25) is 0 Å². The van der Waals surface area contributed by atoms with Gasteiger partial charge in [-0.2, -0.15) is 0 Å². The Morgan fingerprint density at radius 3 is 1.58 bits per heavy atom. The van der Waals surface area contributed by atoms with Gasteiger partial charge in [-0.1, -0.05) is 48.6 Å². The molecule has 0 amide bonds. The van der Waals surface area contributed by atoms with E-state index in [0.717, 1.165) is 20.9 Å². The number of hydrogen-bond donors (Lipinski definition) is 0. The minimum Gasteiger partial charge on any atom is -0.237 e. The van der Waals surface area contributed by atoms with Crippen LogP contribution in [0.4, 0.5) is 0 Å². The molecule has 0 N–H and O–H groups in total. The summed E-state index contributed by atoms with van der Waals surface area (Å²) in [6, 6.07) is 15.7. The van der Waals surface area contributed by atoms with E-state index in [0.29, 0.717) is 26.2 Å². The Bertz CT molecular complexity index is 781. The maximum absolute atomic E-state index is 12.4. The second-order valence-electron chi connectivity index (χ2n) is 5.83. The summed E-state index contributed by atoms with van der Waals surface area (Å²) in [6.45, 7) is 2.70. The Morgan fingerprint density at radius 1 is 0.750 bits per heavy atom. The summed E-state index contributed by atoms with van der Waals surface area (Å²) in [5.41, 5.74) is 2.28. The Balaban J connectivity index is 1.34. The van der Waals surface area contributed by atoms with E-state index in [2.05, 4.69) is 0 Å². The normalized spacial score (nSPS) is 23.7. The first-order valence-electron chi connectivity index (χ1n) is 7.88. The van der Waals surface area contributed by atoms with Crippen LogP contribution in [0.25, 0.3) is 0 Å². The monoisotopic (exact) mass is 358 g/mol. The van der Waals surface area contributed by atoms with E-state index in [4.69, 9.17) is 0 Å². The molecule has 2 unspecified atom stereocenters. The first kappa shape index (κ1) is 15.9. The molecule has 124 valence electrons. The van der Waals surface area contributed by atoms with Crippen LogP contribution in [-0.4, -0.2) is 30.1 Å². The summed E-state index contributed by atoms with van der Waals surface area (Å²) in [4.78, 5) is 1.84. The molecule has 0 aliphatic carbocycles. The van der Waals surface area contributed by atoms with Gasteiger partial charge < -0.3 is 0 Å². The first-order valence-corrected chi connectivity index (χ1v) is 10.1. The number of hydrogen-bond acceptors (Lipinski definition) is 2. The molecule has 0 aromatic heterocycles. The zero-order chi connectivity index (χ0) is 16.5. The molecule has 2 aromatic carbocycles. The fraction of sp³-hybridized carbons (Fsp3) is 0.222. The van der Waals surface area contributed by atoms with Gasteiger partial charge in [0, 0.05) is 26.2 Å². The van der Waals surface area contributed by atoms with E-state index >= 15 is 0 Å². The van der Waals surface area contributed by atoms with Gasteiger partial charge in [-0.3, -0.25) is 0 Å². The zero-order valence-electron chi connectivity index (χ0n) is 13.1. The van der Waals surface area contributed by atoms with Gasteiger partial charge >= 0.3 is 0 Å². The molecular formula is C18H18N2O2S2. The van der Waals surface area contributed by atoms with Crippen LogP contribution >= 0.6 is 0 Å². The molecule has 2 aliphatic rings. The molecule has 4 nitrogen and oxygen atoms in total. The molecule has 24 heavy (non-hydrogen) atoms. The summed E-state index contributed by atoms with van der Waals surface area (Å²) in [7, 11) is -2.14. The molecule has 0 saturated carbocycles. The second kappa shape index (κ2) is 6.72. The van der Waals surface area contributed by atoms with E-state index < -0.39 is 22.0 Å². The summed E-state index contributed by atoms with van der Waals surface area (Å²) in [5.74, 6) is 0. The van der Waals surface area contributed by atoms with E-state index in [9.17, 15) is 8.42 Å². The van der Waals surface area contributed by atoms with Crippen LogP contribution in [0, 0.1) is 0 Å².